The molecule has 2 atom stereocenters. The Hall–Kier alpha value is -1.28. The molecule has 0 bridgehead atoms. The lowest BCUT2D eigenvalue weighted by molar-refractivity contribution is -0.0473. The van der Waals surface area contributed by atoms with Crippen LogP contribution in [0.3, 0.4) is 0 Å². The summed E-state index contributed by atoms with van der Waals surface area (Å²) >= 11 is 0. The number of nitrogens with zero attached hydrogens (tertiary/aromatic N) is 1. The average molecular weight is 282 g/mol. The van der Waals surface area contributed by atoms with E-state index in [4.69, 9.17) is 9.79 Å². The second-order valence-electron chi connectivity index (χ2n) is 3.56. The van der Waals surface area contributed by atoms with E-state index in [0.717, 1.165) is 16.8 Å². The summed E-state index contributed by atoms with van der Waals surface area (Å²) in [5.74, 6) is 0. The quantitative estimate of drug-likeness (QED) is 0.618. The molecule has 1 heterocycles. The summed E-state index contributed by atoms with van der Waals surface area (Å²) in [6.07, 6.45) is -2.69. The van der Waals surface area contributed by atoms with Crippen molar-refractivity contribution in [2.24, 2.45) is 0 Å². The molecule has 1 aromatic heterocycles. The minimum atomic E-state index is -5.00. The van der Waals surface area contributed by atoms with Gasteiger partial charge in [0.05, 0.1) is 12.6 Å². The summed E-state index contributed by atoms with van der Waals surface area (Å²) in [6, 6.07) is 1.09. The number of halogens is 1. The van der Waals surface area contributed by atoms with E-state index in [1.165, 1.54) is 6.92 Å². The summed E-state index contributed by atoms with van der Waals surface area (Å²) in [7, 11) is -5.00. The molecule has 18 heavy (non-hydrogen) atoms. The zero-order chi connectivity index (χ0) is 13.9. The van der Waals surface area contributed by atoms with Crippen molar-refractivity contribution in [1.82, 2.24) is 9.55 Å². The van der Waals surface area contributed by atoms with Gasteiger partial charge < -0.3 is 19.5 Å². The Labute approximate surface area is 100 Å². The normalized spacial score (nSPS) is 15.3. The summed E-state index contributed by atoms with van der Waals surface area (Å²) in [5.41, 5.74) is -1.34. The molecule has 0 radical (unpaired) electrons. The highest BCUT2D eigenvalue weighted by Crippen LogP contribution is 2.43. The first-order valence-electron chi connectivity index (χ1n) is 4.85. The molecular formula is C8H12FN2O6P. The van der Waals surface area contributed by atoms with E-state index in [-0.39, 0.29) is 6.54 Å². The number of nitrogens with one attached hydrogen (secondary N) is 1. The summed E-state index contributed by atoms with van der Waals surface area (Å²) in [6.45, 7) is 0.955. The molecule has 0 aliphatic carbocycles. The van der Waals surface area contributed by atoms with Crippen LogP contribution in [0.4, 0.5) is 4.39 Å². The Bertz CT molecular complexity index is 535. The second-order valence-corrected chi connectivity index (χ2v) is 5.14. The molecule has 1 aromatic rings. The van der Waals surface area contributed by atoms with Crippen LogP contribution in [0.5, 0.6) is 0 Å². The minimum Gasteiger partial charge on any atom is -0.334 e. The van der Waals surface area contributed by atoms with E-state index in [1.807, 2.05) is 0 Å². The Morgan fingerprint density at radius 3 is 2.67 bits per heavy atom. The number of hydrogen-bond donors (Lipinski definition) is 3. The first-order valence-corrected chi connectivity index (χ1v) is 6.53. The van der Waals surface area contributed by atoms with Gasteiger partial charge in [0, 0.05) is 12.3 Å². The van der Waals surface area contributed by atoms with Gasteiger partial charge in [-0.15, -0.1) is 0 Å². The molecule has 0 aromatic carbocycles. The third-order valence-electron chi connectivity index (χ3n) is 1.99. The number of aromatic amines is 1. The van der Waals surface area contributed by atoms with Gasteiger partial charge in [-0.05, 0) is 6.92 Å². The molecule has 0 saturated heterocycles. The van der Waals surface area contributed by atoms with Crippen LogP contribution in [0.1, 0.15) is 6.92 Å². The molecule has 8 nitrogen and oxygen atoms in total. The lowest BCUT2D eigenvalue weighted by Crippen LogP contribution is -2.38. The lowest BCUT2D eigenvalue weighted by Gasteiger charge is -2.17. The Balaban J connectivity index is 2.78. The molecule has 0 fully saturated rings. The maximum absolute atomic E-state index is 12.9. The van der Waals surface area contributed by atoms with Gasteiger partial charge in [-0.3, -0.25) is 13.9 Å². The van der Waals surface area contributed by atoms with Crippen molar-refractivity contribution >= 4 is 7.60 Å². The standard InChI is InChI=1S/C8H12FN2O6P/c1-5(17-7(9)18(14,15)16)4-11-6(12)2-3-10-8(11)13/h2-3,5,7H,4H2,1H3,(H,10,13)(H2,14,15,16). The van der Waals surface area contributed by atoms with Gasteiger partial charge in [0.15, 0.2) is 0 Å². The lowest BCUT2D eigenvalue weighted by atomic mass is 10.4. The van der Waals surface area contributed by atoms with Crippen molar-refractivity contribution in [1.29, 1.82) is 0 Å². The largest absolute Gasteiger partial charge is 0.386 e. The van der Waals surface area contributed by atoms with Crippen molar-refractivity contribution in [2.45, 2.75) is 25.7 Å². The SMILES string of the molecule is CC(Cn1c(=O)cc[nH]c1=O)OC(F)P(=O)(O)O. The first-order chi connectivity index (χ1) is 8.21. The van der Waals surface area contributed by atoms with Crippen LogP contribution in [0.2, 0.25) is 0 Å². The second kappa shape index (κ2) is 5.57. The van der Waals surface area contributed by atoms with Gasteiger partial charge in [-0.2, -0.15) is 0 Å². The number of rotatable bonds is 5. The van der Waals surface area contributed by atoms with Gasteiger partial charge in [0.25, 0.3) is 5.56 Å². The van der Waals surface area contributed by atoms with Crippen LogP contribution in [0.15, 0.2) is 21.9 Å². The van der Waals surface area contributed by atoms with E-state index >= 15 is 0 Å². The van der Waals surface area contributed by atoms with E-state index in [0.29, 0.717) is 0 Å². The number of aromatic nitrogens is 2. The van der Waals surface area contributed by atoms with Crippen molar-refractivity contribution in [3.63, 3.8) is 0 Å². The number of hydrogen-bond acceptors (Lipinski definition) is 4. The van der Waals surface area contributed by atoms with Gasteiger partial charge in [0.1, 0.15) is 0 Å². The van der Waals surface area contributed by atoms with Crippen LogP contribution in [-0.2, 0) is 15.8 Å². The minimum absolute atomic E-state index is 0.324. The van der Waals surface area contributed by atoms with Crippen LogP contribution < -0.4 is 11.2 Å². The topological polar surface area (TPSA) is 122 Å². The van der Waals surface area contributed by atoms with E-state index in [9.17, 15) is 18.5 Å². The molecule has 2 unspecified atom stereocenters. The fraction of sp³-hybridized carbons (Fsp3) is 0.500. The van der Waals surface area contributed by atoms with E-state index in [2.05, 4.69) is 9.72 Å². The third-order valence-corrected chi connectivity index (χ3v) is 2.64. The highest BCUT2D eigenvalue weighted by molar-refractivity contribution is 7.52. The van der Waals surface area contributed by atoms with Crippen LogP contribution >= 0.6 is 7.60 Å². The molecule has 0 aliphatic rings. The Morgan fingerprint density at radius 1 is 1.56 bits per heavy atom. The Kier molecular flexibility index (Phi) is 4.58. The summed E-state index contributed by atoms with van der Waals surface area (Å²) in [4.78, 5) is 41.8. The fourth-order valence-electron chi connectivity index (χ4n) is 1.20. The number of alkyl halides is 1. The molecule has 0 saturated carbocycles. The van der Waals surface area contributed by atoms with Gasteiger partial charge in [-0.1, -0.05) is 0 Å². The molecule has 1 rings (SSSR count). The monoisotopic (exact) mass is 282 g/mol. The highest BCUT2D eigenvalue weighted by atomic mass is 31.2. The van der Waals surface area contributed by atoms with Gasteiger partial charge >= 0.3 is 19.4 Å². The van der Waals surface area contributed by atoms with Gasteiger partial charge in [0.2, 0.25) is 0 Å². The average Bonchev–Trinajstić information content (AvgIpc) is 2.22. The number of H-pyrrole nitrogens is 1. The molecule has 0 aliphatic heterocycles. The smallest absolute Gasteiger partial charge is 0.334 e. The zero-order valence-corrected chi connectivity index (χ0v) is 10.2. The Morgan fingerprint density at radius 2 is 2.17 bits per heavy atom. The maximum atomic E-state index is 12.9. The van der Waals surface area contributed by atoms with Crippen molar-refractivity contribution in [3.8, 4) is 0 Å². The van der Waals surface area contributed by atoms with E-state index in [1.54, 1.807) is 0 Å². The highest BCUT2D eigenvalue weighted by Gasteiger charge is 2.31. The molecular weight excluding hydrogens is 270 g/mol. The van der Waals surface area contributed by atoms with Crippen molar-refractivity contribution in [2.75, 3.05) is 0 Å². The summed E-state index contributed by atoms with van der Waals surface area (Å²) < 4.78 is 28.5. The predicted octanol–water partition coefficient (Wildman–Crippen LogP) is -0.627. The molecule has 10 heteroatoms. The maximum Gasteiger partial charge on any atom is 0.386 e. The van der Waals surface area contributed by atoms with Crippen molar-refractivity contribution in [3.05, 3.63) is 33.1 Å². The van der Waals surface area contributed by atoms with Crippen molar-refractivity contribution < 1.29 is 23.5 Å². The van der Waals surface area contributed by atoms with Crippen LogP contribution in [0, 0.1) is 0 Å². The number of ether oxygens (including phenoxy) is 1. The zero-order valence-electron chi connectivity index (χ0n) is 9.32. The van der Waals surface area contributed by atoms with Gasteiger partial charge in [-0.25, -0.2) is 9.18 Å². The van der Waals surface area contributed by atoms with Crippen LogP contribution in [-0.4, -0.2) is 31.5 Å². The summed E-state index contributed by atoms with van der Waals surface area (Å²) in [5, 5.41) is 0. The first kappa shape index (κ1) is 14.8. The molecule has 3 N–H and O–H groups in total. The third kappa shape index (κ3) is 3.88. The predicted molar refractivity (Wildman–Crippen MR) is 58.8 cm³/mol. The molecule has 0 amide bonds. The molecule has 102 valence electrons. The van der Waals surface area contributed by atoms with Crippen LogP contribution in [0.25, 0.3) is 0 Å². The van der Waals surface area contributed by atoms with E-state index < -0.39 is 31.0 Å². The molecule has 0 spiro atoms. The fourth-order valence-corrected chi connectivity index (χ4v) is 1.56.